The van der Waals surface area contributed by atoms with Crippen LogP contribution in [0, 0.1) is 0 Å². The lowest BCUT2D eigenvalue weighted by atomic mass is 10.2. The maximum atomic E-state index is 12.3. The minimum atomic E-state index is -3.40. The first kappa shape index (κ1) is 17.1. The van der Waals surface area contributed by atoms with E-state index < -0.39 is 10.0 Å². The molecule has 1 aliphatic rings. The van der Waals surface area contributed by atoms with Crippen molar-refractivity contribution in [3.05, 3.63) is 54.1 Å². The Morgan fingerprint density at radius 3 is 2.68 bits per heavy atom. The molecule has 7 nitrogen and oxygen atoms in total. The molecule has 2 N–H and O–H groups in total. The van der Waals surface area contributed by atoms with Gasteiger partial charge in [-0.2, -0.15) is 0 Å². The summed E-state index contributed by atoms with van der Waals surface area (Å²) in [5.41, 5.74) is 0.687. The number of benzene rings is 2. The summed E-state index contributed by atoms with van der Waals surface area (Å²) in [5.74, 6) is 1.01. The highest BCUT2D eigenvalue weighted by atomic mass is 32.2. The van der Waals surface area contributed by atoms with E-state index >= 15 is 0 Å². The summed E-state index contributed by atoms with van der Waals surface area (Å²) in [4.78, 5) is 12.3. The molecule has 0 saturated carbocycles. The molecule has 0 bridgehead atoms. The van der Waals surface area contributed by atoms with E-state index in [9.17, 15) is 13.2 Å². The van der Waals surface area contributed by atoms with Crippen molar-refractivity contribution in [3.8, 4) is 11.5 Å². The summed E-state index contributed by atoms with van der Waals surface area (Å²) in [5, 5.41) is 2.77. The van der Waals surface area contributed by atoms with Gasteiger partial charge in [-0.05, 0) is 30.3 Å². The van der Waals surface area contributed by atoms with Crippen LogP contribution in [0.25, 0.3) is 0 Å². The van der Waals surface area contributed by atoms with Crippen LogP contribution < -0.4 is 19.5 Å². The zero-order valence-corrected chi connectivity index (χ0v) is 14.4. The molecule has 3 rings (SSSR count). The first-order valence-corrected chi connectivity index (χ1v) is 9.54. The summed E-state index contributed by atoms with van der Waals surface area (Å²) in [6.45, 7) is 0.615. The number of carbonyl (C=O) groups is 1. The number of rotatable bonds is 5. The molecule has 0 fully saturated rings. The van der Waals surface area contributed by atoms with E-state index in [4.69, 9.17) is 9.47 Å². The molecule has 1 atom stereocenters. The monoisotopic (exact) mass is 362 g/mol. The first-order valence-electron chi connectivity index (χ1n) is 7.65. The molecule has 1 aliphatic heterocycles. The Bertz CT molecular complexity index is 882. The van der Waals surface area contributed by atoms with Crippen molar-refractivity contribution in [2.24, 2.45) is 0 Å². The molecule has 2 aromatic carbocycles. The molecule has 0 aromatic heterocycles. The number of nitrogens with one attached hydrogen (secondary N) is 2. The number of amides is 1. The first-order chi connectivity index (χ1) is 11.9. The Morgan fingerprint density at radius 1 is 1.16 bits per heavy atom. The highest BCUT2D eigenvalue weighted by Gasteiger charge is 2.21. The van der Waals surface area contributed by atoms with Crippen LogP contribution in [0.2, 0.25) is 0 Å². The van der Waals surface area contributed by atoms with Crippen LogP contribution in [0.1, 0.15) is 10.4 Å². The van der Waals surface area contributed by atoms with E-state index in [1.165, 1.54) is 6.07 Å². The smallest absolute Gasteiger partial charge is 0.251 e. The Kier molecular flexibility index (Phi) is 4.80. The van der Waals surface area contributed by atoms with Gasteiger partial charge in [0.25, 0.3) is 5.91 Å². The number of fused-ring (bicyclic) bond motifs is 1. The van der Waals surface area contributed by atoms with Gasteiger partial charge < -0.3 is 14.8 Å². The molecule has 8 heteroatoms. The van der Waals surface area contributed by atoms with E-state index in [0.717, 1.165) is 6.26 Å². The maximum absolute atomic E-state index is 12.3. The van der Waals surface area contributed by atoms with E-state index in [-0.39, 0.29) is 18.6 Å². The average molecular weight is 362 g/mol. The van der Waals surface area contributed by atoms with Gasteiger partial charge >= 0.3 is 0 Å². The average Bonchev–Trinajstić information content (AvgIpc) is 2.58. The van der Waals surface area contributed by atoms with Gasteiger partial charge in [-0.15, -0.1) is 0 Å². The van der Waals surface area contributed by atoms with Gasteiger partial charge in [0, 0.05) is 11.3 Å². The molecule has 25 heavy (non-hydrogen) atoms. The SMILES string of the molecule is CS(=O)(=O)Nc1cccc(C(=O)NCC2COc3ccccc3O2)c1. The van der Waals surface area contributed by atoms with Crippen LogP contribution in [-0.2, 0) is 10.0 Å². The molecule has 1 heterocycles. The highest BCUT2D eigenvalue weighted by molar-refractivity contribution is 7.92. The molecule has 0 saturated heterocycles. The fourth-order valence-electron chi connectivity index (χ4n) is 2.41. The Balaban J connectivity index is 1.59. The second kappa shape index (κ2) is 7.02. The molecular formula is C17H18N2O5S. The van der Waals surface area contributed by atoms with Crippen molar-refractivity contribution in [3.63, 3.8) is 0 Å². The standard InChI is InChI=1S/C17H18N2O5S/c1-25(21,22)19-13-6-4-5-12(9-13)17(20)18-10-14-11-23-15-7-2-3-8-16(15)24-14/h2-9,14,19H,10-11H2,1H3,(H,18,20). The molecule has 1 unspecified atom stereocenters. The van der Waals surface area contributed by atoms with E-state index in [1.54, 1.807) is 18.2 Å². The van der Waals surface area contributed by atoms with Crippen molar-refractivity contribution in [1.29, 1.82) is 0 Å². The molecule has 132 valence electrons. The summed E-state index contributed by atoms with van der Waals surface area (Å²) >= 11 is 0. The fourth-order valence-corrected chi connectivity index (χ4v) is 2.97. The molecule has 1 amide bonds. The van der Waals surface area contributed by atoms with Gasteiger partial charge in [0.05, 0.1) is 12.8 Å². The number of para-hydroxylation sites is 2. The van der Waals surface area contributed by atoms with Crippen LogP contribution >= 0.6 is 0 Å². The lowest BCUT2D eigenvalue weighted by molar-refractivity contribution is 0.0789. The third kappa shape index (κ3) is 4.63. The summed E-state index contributed by atoms with van der Waals surface area (Å²) in [6.07, 6.45) is 0.758. The zero-order valence-electron chi connectivity index (χ0n) is 13.6. The Hall–Kier alpha value is -2.74. The maximum Gasteiger partial charge on any atom is 0.251 e. The second-order valence-corrected chi connectivity index (χ2v) is 7.41. The second-order valence-electron chi connectivity index (χ2n) is 5.66. The van der Waals surface area contributed by atoms with Gasteiger partial charge in [-0.25, -0.2) is 8.42 Å². The molecule has 0 spiro atoms. The minimum Gasteiger partial charge on any atom is -0.486 e. The van der Waals surface area contributed by atoms with Gasteiger partial charge in [0.1, 0.15) is 12.7 Å². The van der Waals surface area contributed by atoms with Crippen LogP contribution in [0.3, 0.4) is 0 Å². The van der Waals surface area contributed by atoms with Gasteiger partial charge in [-0.3, -0.25) is 9.52 Å². The molecule has 0 aliphatic carbocycles. The fraction of sp³-hybridized carbons (Fsp3) is 0.235. The van der Waals surface area contributed by atoms with Crippen molar-refractivity contribution in [2.45, 2.75) is 6.10 Å². The van der Waals surface area contributed by atoms with E-state index in [0.29, 0.717) is 29.4 Å². The third-order valence-corrected chi connectivity index (χ3v) is 4.09. The lowest BCUT2D eigenvalue weighted by Gasteiger charge is -2.26. The van der Waals surface area contributed by atoms with E-state index in [1.807, 2.05) is 24.3 Å². The largest absolute Gasteiger partial charge is 0.486 e. The number of ether oxygens (including phenoxy) is 2. The summed E-state index contributed by atoms with van der Waals surface area (Å²) < 4.78 is 36.3. The van der Waals surface area contributed by atoms with Crippen molar-refractivity contribution in [1.82, 2.24) is 5.32 Å². The van der Waals surface area contributed by atoms with Crippen LogP contribution in [0.5, 0.6) is 11.5 Å². The Labute approximate surface area is 146 Å². The van der Waals surface area contributed by atoms with Crippen LogP contribution in [0.4, 0.5) is 5.69 Å². The zero-order chi connectivity index (χ0) is 17.9. The van der Waals surface area contributed by atoms with Crippen LogP contribution in [0.15, 0.2) is 48.5 Å². The summed E-state index contributed by atoms with van der Waals surface area (Å²) in [6, 6.07) is 13.6. The molecule has 2 aromatic rings. The summed E-state index contributed by atoms with van der Waals surface area (Å²) in [7, 11) is -3.40. The number of hydrogen-bond acceptors (Lipinski definition) is 5. The number of carbonyl (C=O) groups excluding carboxylic acids is 1. The van der Waals surface area contributed by atoms with Crippen molar-refractivity contribution in [2.75, 3.05) is 24.1 Å². The predicted molar refractivity (Wildman–Crippen MR) is 93.6 cm³/mol. The van der Waals surface area contributed by atoms with Gasteiger partial charge in [0.2, 0.25) is 10.0 Å². The Morgan fingerprint density at radius 2 is 1.92 bits per heavy atom. The number of anilines is 1. The molecule has 0 radical (unpaired) electrons. The van der Waals surface area contributed by atoms with Crippen LogP contribution in [-0.4, -0.2) is 39.8 Å². The lowest BCUT2D eigenvalue weighted by Crippen LogP contribution is -2.40. The molecular weight excluding hydrogens is 344 g/mol. The van der Waals surface area contributed by atoms with Crippen molar-refractivity contribution < 1.29 is 22.7 Å². The quantitative estimate of drug-likeness (QED) is 0.843. The van der Waals surface area contributed by atoms with Gasteiger partial charge in [0.15, 0.2) is 11.5 Å². The number of sulfonamides is 1. The topological polar surface area (TPSA) is 93.7 Å². The number of hydrogen-bond donors (Lipinski definition) is 2. The minimum absolute atomic E-state index is 0.275. The predicted octanol–water partition coefficient (Wildman–Crippen LogP) is 1.63. The normalized spacial score (nSPS) is 16.1. The van der Waals surface area contributed by atoms with Crippen molar-refractivity contribution >= 4 is 21.6 Å². The third-order valence-electron chi connectivity index (χ3n) is 3.49. The highest BCUT2D eigenvalue weighted by Crippen LogP contribution is 2.30. The van der Waals surface area contributed by atoms with Gasteiger partial charge in [-0.1, -0.05) is 18.2 Å². The van der Waals surface area contributed by atoms with E-state index in [2.05, 4.69) is 10.0 Å².